The molecule has 17 heavy (non-hydrogen) atoms. The van der Waals surface area contributed by atoms with Crippen molar-refractivity contribution >= 4 is 11.8 Å². The van der Waals surface area contributed by atoms with Gasteiger partial charge in [0.15, 0.2) is 5.78 Å². The van der Waals surface area contributed by atoms with Crippen molar-refractivity contribution in [2.45, 2.75) is 26.7 Å². The number of fused-ring (bicyclic) bond motifs is 1. The fraction of sp³-hybridized carbons (Fsp3) is 0.571. The normalized spacial score (nSPS) is 40.3. The van der Waals surface area contributed by atoms with E-state index in [0.717, 1.165) is 5.57 Å². The molecule has 0 saturated heterocycles. The van der Waals surface area contributed by atoms with Gasteiger partial charge in [0.25, 0.3) is 0 Å². The second-order valence-electron chi connectivity index (χ2n) is 5.50. The number of carbonyl (C=O) groups is 2. The van der Waals surface area contributed by atoms with Crippen LogP contribution in [-0.2, 0) is 14.3 Å². The molecule has 0 aromatic carbocycles. The Morgan fingerprint density at radius 3 is 2.76 bits per heavy atom. The smallest absolute Gasteiger partial charge is 0.312 e. The van der Waals surface area contributed by atoms with E-state index in [9.17, 15) is 9.59 Å². The van der Waals surface area contributed by atoms with Gasteiger partial charge in [-0.2, -0.15) is 0 Å². The summed E-state index contributed by atoms with van der Waals surface area (Å²) in [6.45, 7) is 7.97. The summed E-state index contributed by atoms with van der Waals surface area (Å²) in [5.41, 5.74) is 0.0179. The zero-order valence-corrected chi connectivity index (χ0v) is 10.6. The van der Waals surface area contributed by atoms with Crippen molar-refractivity contribution in [3.05, 3.63) is 24.3 Å². The van der Waals surface area contributed by atoms with Crippen LogP contribution < -0.4 is 0 Å². The van der Waals surface area contributed by atoms with Crippen molar-refractivity contribution in [1.82, 2.24) is 0 Å². The van der Waals surface area contributed by atoms with Crippen molar-refractivity contribution in [3.8, 4) is 0 Å². The van der Waals surface area contributed by atoms with Gasteiger partial charge in [-0.25, -0.2) is 0 Å². The predicted molar refractivity (Wildman–Crippen MR) is 64.2 cm³/mol. The van der Waals surface area contributed by atoms with E-state index in [1.807, 2.05) is 19.9 Å². The second kappa shape index (κ2) is 3.56. The molecule has 3 atom stereocenters. The third-order valence-corrected chi connectivity index (χ3v) is 4.64. The summed E-state index contributed by atoms with van der Waals surface area (Å²) in [5, 5.41) is 0. The molecule has 0 amide bonds. The molecule has 0 aliphatic heterocycles. The lowest BCUT2D eigenvalue weighted by Crippen LogP contribution is -2.44. The molecule has 92 valence electrons. The SMILES string of the molecule is C=C1C[C@](C)(C(=O)OC)[C@]2(C)C=CC(=O)CC12. The second-order valence-corrected chi connectivity index (χ2v) is 5.50. The molecular weight excluding hydrogens is 216 g/mol. The molecule has 3 nitrogen and oxygen atoms in total. The van der Waals surface area contributed by atoms with Gasteiger partial charge in [-0.1, -0.05) is 25.2 Å². The fourth-order valence-corrected chi connectivity index (χ4v) is 3.29. The molecule has 0 spiro atoms. The summed E-state index contributed by atoms with van der Waals surface area (Å²) in [6, 6.07) is 0. The van der Waals surface area contributed by atoms with Gasteiger partial charge in [-0.15, -0.1) is 0 Å². The minimum Gasteiger partial charge on any atom is -0.469 e. The van der Waals surface area contributed by atoms with Crippen molar-refractivity contribution in [1.29, 1.82) is 0 Å². The first-order chi connectivity index (χ1) is 7.85. The Bertz CT molecular complexity index is 435. The standard InChI is InChI=1S/C14H18O3/c1-9-8-14(3,12(16)17-4)13(2)6-5-10(15)7-11(9)13/h5-6,11H,1,7-8H2,2-4H3/t11?,13-,14-/m1/s1. The number of rotatable bonds is 1. The van der Waals surface area contributed by atoms with Crippen LogP contribution in [0.5, 0.6) is 0 Å². The number of allylic oxidation sites excluding steroid dienone is 3. The number of hydrogen-bond donors (Lipinski definition) is 0. The van der Waals surface area contributed by atoms with E-state index >= 15 is 0 Å². The number of carbonyl (C=O) groups excluding carboxylic acids is 2. The molecule has 1 unspecified atom stereocenters. The van der Waals surface area contributed by atoms with E-state index in [-0.39, 0.29) is 23.1 Å². The highest BCUT2D eigenvalue weighted by Crippen LogP contribution is 2.61. The van der Waals surface area contributed by atoms with Gasteiger partial charge in [0, 0.05) is 11.8 Å². The molecule has 0 heterocycles. The van der Waals surface area contributed by atoms with Gasteiger partial charge >= 0.3 is 5.97 Å². The number of ether oxygens (including phenoxy) is 1. The Morgan fingerprint density at radius 2 is 2.18 bits per heavy atom. The molecule has 2 aliphatic carbocycles. The van der Waals surface area contributed by atoms with E-state index in [1.54, 1.807) is 6.08 Å². The van der Waals surface area contributed by atoms with Crippen LogP contribution in [0.2, 0.25) is 0 Å². The maximum Gasteiger partial charge on any atom is 0.312 e. The number of esters is 1. The van der Waals surface area contributed by atoms with E-state index in [0.29, 0.717) is 12.8 Å². The molecule has 0 radical (unpaired) electrons. The highest BCUT2D eigenvalue weighted by molar-refractivity contribution is 5.92. The highest BCUT2D eigenvalue weighted by atomic mass is 16.5. The van der Waals surface area contributed by atoms with Gasteiger partial charge < -0.3 is 4.74 Å². The summed E-state index contributed by atoms with van der Waals surface area (Å²) < 4.78 is 4.93. The quantitative estimate of drug-likeness (QED) is 0.516. The first-order valence-electron chi connectivity index (χ1n) is 5.83. The first kappa shape index (κ1) is 12.1. The topological polar surface area (TPSA) is 43.4 Å². The molecule has 0 aromatic heterocycles. The maximum absolute atomic E-state index is 12.0. The average molecular weight is 234 g/mol. The predicted octanol–water partition coefficient (Wildman–Crippen LogP) is 2.28. The van der Waals surface area contributed by atoms with Crippen molar-refractivity contribution in [2.75, 3.05) is 7.11 Å². The van der Waals surface area contributed by atoms with Crippen molar-refractivity contribution in [2.24, 2.45) is 16.7 Å². The Kier molecular flexibility index (Phi) is 2.53. The van der Waals surface area contributed by atoms with Crippen molar-refractivity contribution in [3.63, 3.8) is 0 Å². The van der Waals surface area contributed by atoms with Crippen LogP contribution in [0, 0.1) is 16.7 Å². The van der Waals surface area contributed by atoms with E-state index in [4.69, 9.17) is 4.74 Å². The van der Waals surface area contributed by atoms with Crippen LogP contribution in [0.15, 0.2) is 24.3 Å². The zero-order chi connectivity index (χ0) is 12.8. The van der Waals surface area contributed by atoms with Crippen LogP contribution >= 0.6 is 0 Å². The summed E-state index contributed by atoms with van der Waals surface area (Å²) in [5.74, 6) is -0.0468. The minimum atomic E-state index is -0.610. The average Bonchev–Trinajstić information content (AvgIpc) is 2.49. The lowest BCUT2D eigenvalue weighted by molar-refractivity contribution is -0.157. The van der Waals surface area contributed by atoms with E-state index in [1.165, 1.54) is 7.11 Å². The van der Waals surface area contributed by atoms with E-state index < -0.39 is 5.41 Å². The van der Waals surface area contributed by atoms with E-state index in [2.05, 4.69) is 6.58 Å². The summed E-state index contributed by atoms with van der Waals surface area (Å²) in [6.07, 6.45) is 4.52. The monoisotopic (exact) mass is 234 g/mol. The molecule has 0 aromatic rings. The molecule has 3 heteroatoms. The third kappa shape index (κ3) is 1.41. The maximum atomic E-state index is 12.0. The Morgan fingerprint density at radius 1 is 1.53 bits per heavy atom. The number of hydrogen-bond acceptors (Lipinski definition) is 3. The van der Waals surface area contributed by atoms with Gasteiger partial charge in [0.05, 0.1) is 12.5 Å². The van der Waals surface area contributed by atoms with Crippen LogP contribution in [0.3, 0.4) is 0 Å². The Balaban J connectivity index is 2.52. The van der Waals surface area contributed by atoms with Gasteiger partial charge in [0.2, 0.25) is 0 Å². The molecular formula is C14H18O3. The minimum absolute atomic E-state index is 0.0594. The number of ketones is 1. The summed E-state index contributed by atoms with van der Waals surface area (Å²) in [4.78, 5) is 23.5. The van der Waals surface area contributed by atoms with Crippen LogP contribution in [0.1, 0.15) is 26.7 Å². The molecule has 2 aliphatic rings. The third-order valence-electron chi connectivity index (χ3n) is 4.64. The largest absolute Gasteiger partial charge is 0.469 e. The zero-order valence-electron chi connectivity index (χ0n) is 10.6. The first-order valence-corrected chi connectivity index (χ1v) is 5.83. The van der Waals surface area contributed by atoms with Gasteiger partial charge in [-0.05, 0) is 25.3 Å². The molecule has 0 bridgehead atoms. The van der Waals surface area contributed by atoms with Crippen LogP contribution in [0.4, 0.5) is 0 Å². The summed E-state index contributed by atoms with van der Waals surface area (Å²) >= 11 is 0. The molecule has 1 fully saturated rings. The Labute approximate surface area is 102 Å². The van der Waals surface area contributed by atoms with Crippen LogP contribution in [0.25, 0.3) is 0 Å². The Hall–Kier alpha value is -1.38. The number of methoxy groups -OCH3 is 1. The van der Waals surface area contributed by atoms with Crippen LogP contribution in [-0.4, -0.2) is 18.9 Å². The summed E-state index contributed by atoms with van der Waals surface area (Å²) in [7, 11) is 1.41. The highest BCUT2D eigenvalue weighted by Gasteiger charge is 2.60. The molecule has 1 saturated carbocycles. The lowest BCUT2D eigenvalue weighted by atomic mass is 9.61. The fourth-order valence-electron chi connectivity index (χ4n) is 3.29. The molecule has 0 N–H and O–H groups in total. The lowest BCUT2D eigenvalue weighted by Gasteiger charge is -2.41. The van der Waals surface area contributed by atoms with Gasteiger partial charge in [-0.3, -0.25) is 9.59 Å². The molecule has 2 rings (SSSR count). The van der Waals surface area contributed by atoms with Gasteiger partial charge in [0.1, 0.15) is 0 Å². The van der Waals surface area contributed by atoms with Crippen molar-refractivity contribution < 1.29 is 14.3 Å².